The summed E-state index contributed by atoms with van der Waals surface area (Å²) in [7, 11) is 0. The molecule has 2 nitrogen and oxygen atoms in total. The van der Waals surface area contributed by atoms with E-state index in [0.29, 0.717) is 12.5 Å². The first-order valence-electron chi connectivity index (χ1n) is 7.75. The van der Waals surface area contributed by atoms with Crippen LogP contribution in [0.3, 0.4) is 0 Å². The summed E-state index contributed by atoms with van der Waals surface area (Å²) in [6.45, 7) is 9.62. The zero-order chi connectivity index (χ0) is 15.5. The summed E-state index contributed by atoms with van der Waals surface area (Å²) in [6, 6.07) is 9.79. The van der Waals surface area contributed by atoms with E-state index in [1.165, 1.54) is 12.5 Å². The molecule has 2 rings (SSSR count). The molecule has 0 aromatic heterocycles. The van der Waals surface area contributed by atoms with Crippen molar-refractivity contribution in [2.45, 2.75) is 40.5 Å². The maximum Gasteiger partial charge on any atom is 0.330 e. The molecule has 0 aliphatic heterocycles. The Labute approximate surface area is 128 Å². The molecule has 0 unspecified atom stereocenters. The number of hydrogen-bond donors (Lipinski definition) is 0. The van der Waals surface area contributed by atoms with Gasteiger partial charge in [0.1, 0.15) is 0 Å². The molecule has 2 heteroatoms. The smallest absolute Gasteiger partial charge is 0.330 e. The number of carbonyl (C=O) groups is 1. The predicted octanol–water partition coefficient (Wildman–Crippen LogP) is 4.71. The van der Waals surface area contributed by atoms with Gasteiger partial charge in [-0.25, -0.2) is 4.79 Å². The number of carbonyl (C=O) groups excluding carboxylic acids is 1. The highest BCUT2D eigenvalue weighted by Crippen LogP contribution is 2.55. The lowest BCUT2D eigenvalue weighted by atomic mass is 9.66. The summed E-state index contributed by atoms with van der Waals surface area (Å²) < 4.78 is 5.51. The van der Waals surface area contributed by atoms with E-state index in [1.54, 1.807) is 6.08 Å². The second-order valence-corrected chi connectivity index (χ2v) is 7.07. The Morgan fingerprint density at radius 1 is 1.29 bits per heavy atom. The monoisotopic (exact) mass is 286 g/mol. The predicted molar refractivity (Wildman–Crippen MR) is 86.7 cm³/mol. The normalized spacial score (nSPS) is 27.9. The van der Waals surface area contributed by atoms with Crippen LogP contribution in [0.4, 0.5) is 0 Å². The summed E-state index contributed by atoms with van der Waals surface area (Å²) >= 11 is 0. The molecule has 1 fully saturated rings. The van der Waals surface area contributed by atoms with Crippen molar-refractivity contribution >= 4 is 12.0 Å². The van der Waals surface area contributed by atoms with E-state index in [2.05, 4.69) is 27.7 Å². The van der Waals surface area contributed by atoms with E-state index < -0.39 is 0 Å². The highest BCUT2D eigenvalue weighted by Gasteiger charge is 2.50. The van der Waals surface area contributed by atoms with Crippen molar-refractivity contribution in [1.82, 2.24) is 0 Å². The Balaban J connectivity index is 1.91. The molecule has 0 N–H and O–H groups in total. The lowest BCUT2D eigenvalue weighted by Crippen LogP contribution is -2.37. The molecule has 0 spiro atoms. The minimum absolute atomic E-state index is 0.0721. The van der Waals surface area contributed by atoms with Crippen molar-refractivity contribution in [1.29, 1.82) is 0 Å². The fourth-order valence-electron chi connectivity index (χ4n) is 3.08. The van der Waals surface area contributed by atoms with Crippen LogP contribution >= 0.6 is 0 Å². The molecule has 1 aromatic carbocycles. The van der Waals surface area contributed by atoms with Gasteiger partial charge in [-0.3, -0.25) is 0 Å². The fraction of sp³-hybridized carbons (Fsp3) is 0.526. The van der Waals surface area contributed by atoms with Crippen LogP contribution in [0.25, 0.3) is 6.08 Å². The first-order valence-corrected chi connectivity index (χ1v) is 7.75. The van der Waals surface area contributed by atoms with Crippen molar-refractivity contribution in [3.63, 3.8) is 0 Å². The second-order valence-electron chi connectivity index (χ2n) is 7.07. The van der Waals surface area contributed by atoms with E-state index >= 15 is 0 Å². The van der Waals surface area contributed by atoms with E-state index in [-0.39, 0.29) is 16.8 Å². The van der Waals surface area contributed by atoms with Gasteiger partial charge in [-0.05, 0) is 35.8 Å². The van der Waals surface area contributed by atoms with Crippen LogP contribution in [-0.4, -0.2) is 12.6 Å². The minimum atomic E-state index is -0.254. The average Bonchev–Trinajstić information content (AvgIpc) is 2.68. The van der Waals surface area contributed by atoms with Crippen LogP contribution in [0.15, 0.2) is 36.4 Å². The summed E-state index contributed by atoms with van der Waals surface area (Å²) in [6.07, 6.45) is 5.65. The van der Waals surface area contributed by atoms with Crippen LogP contribution in [0.1, 0.15) is 46.1 Å². The summed E-state index contributed by atoms with van der Waals surface area (Å²) in [5.74, 6) is 0.413. The number of rotatable bonds is 4. The second kappa shape index (κ2) is 6.05. The number of hydrogen-bond acceptors (Lipinski definition) is 2. The van der Waals surface area contributed by atoms with Gasteiger partial charge in [0.25, 0.3) is 0 Å². The van der Waals surface area contributed by atoms with Crippen LogP contribution in [0.2, 0.25) is 0 Å². The first kappa shape index (κ1) is 15.8. The average molecular weight is 286 g/mol. The van der Waals surface area contributed by atoms with Gasteiger partial charge >= 0.3 is 5.97 Å². The van der Waals surface area contributed by atoms with E-state index in [4.69, 9.17) is 4.74 Å². The van der Waals surface area contributed by atoms with Gasteiger partial charge in [0.2, 0.25) is 0 Å². The molecule has 21 heavy (non-hydrogen) atoms. The van der Waals surface area contributed by atoms with Crippen LogP contribution in [0, 0.1) is 16.7 Å². The quantitative estimate of drug-likeness (QED) is 0.592. The SMILES string of the molecule is C[C@H]1CC[C@@](C)(COC(=O)C=Cc2ccccc2)C1(C)C. The standard InChI is InChI=1S/C19H26O2/c1-15-12-13-19(4,18(15,2)3)14-21-17(20)11-10-16-8-6-5-7-9-16/h5-11,15H,12-14H2,1-4H3/t15-,19-/m0/s1. The van der Waals surface area contributed by atoms with E-state index in [9.17, 15) is 4.79 Å². The van der Waals surface area contributed by atoms with Crippen molar-refractivity contribution in [2.24, 2.45) is 16.7 Å². The molecule has 0 bridgehead atoms. The molecule has 0 radical (unpaired) electrons. The van der Waals surface area contributed by atoms with Gasteiger partial charge < -0.3 is 4.74 Å². The summed E-state index contributed by atoms with van der Waals surface area (Å²) in [5.41, 5.74) is 1.29. The van der Waals surface area contributed by atoms with Crippen LogP contribution < -0.4 is 0 Å². The number of esters is 1. The molecule has 0 saturated heterocycles. The topological polar surface area (TPSA) is 26.3 Å². The van der Waals surface area contributed by atoms with E-state index in [1.807, 2.05) is 30.3 Å². The number of benzene rings is 1. The first-order chi connectivity index (χ1) is 9.85. The third kappa shape index (κ3) is 3.37. The highest BCUT2D eigenvalue weighted by atomic mass is 16.5. The molecular weight excluding hydrogens is 260 g/mol. The molecule has 1 saturated carbocycles. The Bertz CT molecular complexity index is 516. The Kier molecular flexibility index (Phi) is 4.55. The molecule has 0 heterocycles. The van der Waals surface area contributed by atoms with Crippen LogP contribution in [0.5, 0.6) is 0 Å². The zero-order valence-electron chi connectivity index (χ0n) is 13.6. The van der Waals surface area contributed by atoms with Gasteiger partial charge in [0.05, 0.1) is 6.61 Å². The van der Waals surface area contributed by atoms with Crippen molar-refractivity contribution in [2.75, 3.05) is 6.61 Å². The summed E-state index contributed by atoms with van der Waals surface area (Å²) in [5, 5.41) is 0. The highest BCUT2D eigenvalue weighted by molar-refractivity contribution is 5.87. The largest absolute Gasteiger partial charge is 0.462 e. The van der Waals surface area contributed by atoms with Crippen LogP contribution in [-0.2, 0) is 9.53 Å². The minimum Gasteiger partial charge on any atom is -0.462 e. The molecule has 1 aliphatic rings. The van der Waals surface area contributed by atoms with Gasteiger partial charge in [-0.1, -0.05) is 58.0 Å². The third-order valence-electron chi connectivity index (χ3n) is 5.66. The maximum absolute atomic E-state index is 11.9. The van der Waals surface area contributed by atoms with Crippen molar-refractivity contribution in [3.05, 3.63) is 42.0 Å². The van der Waals surface area contributed by atoms with Crippen molar-refractivity contribution in [3.8, 4) is 0 Å². The third-order valence-corrected chi connectivity index (χ3v) is 5.66. The lowest BCUT2D eigenvalue weighted by molar-refractivity contribution is -0.143. The van der Waals surface area contributed by atoms with Gasteiger partial charge in [0, 0.05) is 11.5 Å². The molecule has 2 atom stereocenters. The van der Waals surface area contributed by atoms with Crippen molar-refractivity contribution < 1.29 is 9.53 Å². The molecule has 1 aliphatic carbocycles. The van der Waals surface area contributed by atoms with Gasteiger partial charge in [-0.15, -0.1) is 0 Å². The molecule has 0 amide bonds. The van der Waals surface area contributed by atoms with E-state index in [0.717, 1.165) is 12.0 Å². The fourth-order valence-corrected chi connectivity index (χ4v) is 3.08. The molecular formula is C19H26O2. The Hall–Kier alpha value is -1.57. The maximum atomic E-state index is 11.9. The Morgan fingerprint density at radius 2 is 1.95 bits per heavy atom. The number of ether oxygens (including phenoxy) is 1. The Morgan fingerprint density at radius 3 is 2.52 bits per heavy atom. The lowest BCUT2D eigenvalue weighted by Gasteiger charge is -2.40. The zero-order valence-corrected chi connectivity index (χ0v) is 13.6. The summed E-state index contributed by atoms with van der Waals surface area (Å²) in [4.78, 5) is 11.9. The van der Waals surface area contributed by atoms with Gasteiger partial charge in [-0.2, -0.15) is 0 Å². The molecule has 1 aromatic rings. The van der Waals surface area contributed by atoms with Gasteiger partial charge in [0.15, 0.2) is 0 Å². The molecule has 114 valence electrons.